The van der Waals surface area contributed by atoms with Gasteiger partial charge in [-0.1, -0.05) is 17.7 Å². The van der Waals surface area contributed by atoms with E-state index in [0.29, 0.717) is 49.1 Å². The Morgan fingerprint density at radius 3 is 2.54 bits per heavy atom. The lowest BCUT2D eigenvalue weighted by Gasteiger charge is -2.34. The molecule has 0 N–H and O–H groups in total. The molecule has 0 saturated carbocycles. The van der Waals surface area contributed by atoms with Crippen molar-refractivity contribution in [2.75, 3.05) is 38.5 Å². The molecule has 1 aliphatic heterocycles. The van der Waals surface area contributed by atoms with Crippen LogP contribution < -0.4 is 0 Å². The van der Waals surface area contributed by atoms with Crippen molar-refractivity contribution in [3.05, 3.63) is 34.6 Å². The number of hydrogen-bond acceptors (Lipinski definition) is 4. The lowest BCUT2D eigenvalue weighted by molar-refractivity contribution is -0.129. The number of hydrogen-bond donors (Lipinski definition) is 0. The molecule has 1 aromatic rings. The average Bonchev–Trinajstić information content (AvgIpc) is 2.57. The van der Waals surface area contributed by atoms with Crippen LogP contribution in [0.4, 0.5) is 9.18 Å². The molecule has 8 heteroatoms. The minimum absolute atomic E-state index is 0.0176. The van der Waals surface area contributed by atoms with Gasteiger partial charge in [-0.3, -0.25) is 4.79 Å². The van der Waals surface area contributed by atoms with E-state index >= 15 is 0 Å². The molecule has 1 fully saturated rings. The number of carbonyl (C=O) groups excluding carboxylic acids is 2. The number of rotatable bonds is 5. The molecular weight excluding hydrogens is 355 g/mol. The number of ether oxygens (including phenoxy) is 1. The number of carbonyl (C=O) groups is 2. The van der Waals surface area contributed by atoms with E-state index in [1.807, 2.05) is 0 Å². The number of benzene rings is 1. The van der Waals surface area contributed by atoms with Crippen molar-refractivity contribution in [3.63, 3.8) is 0 Å². The second-order valence-corrected chi connectivity index (χ2v) is 6.65. The van der Waals surface area contributed by atoms with Crippen molar-refractivity contribution in [2.45, 2.75) is 12.7 Å². The van der Waals surface area contributed by atoms with Gasteiger partial charge in [0.15, 0.2) is 0 Å². The molecule has 132 valence electrons. The molecule has 0 radical (unpaired) electrons. The van der Waals surface area contributed by atoms with Gasteiger partial charge in [0.2, 0.25) is 5.91 Å². The van der Waals surface area contributed by atoms with Crippen LogP contribution in [-0.4, -0.2) is 60.3 Å². The van der Waals surface area contributed by atoms with Gasteiger partial charge < -0.3 is 14.5 Å². The van der Waals surface area contributed by atoms with Gasteiger partial charge in [0, 0.05) is 42.5 Å². The summed E-state index contributed by atoms with van der Waals surface area (Å²) in [6.45, 7) is 4.00. The third-order valence-electron chi connectivity index (χ3n) is 3.69. The summed E-state index contributed by atoms with van der Waals surface area (Å²) in [6, 6.07) is 4.55. The number of thioether (sulfide) groups is 1. The fourth-order valence-electron chi connectivity index (χ4n) is 2.36. The highest BCUT2D eigenvalue weighted by Gasteiger charge is 2.24. The van der Waals surface area contributed by atoms with E-state index in [0.717, 1.165) is 0 Å². The summed E-state index contributed by atoms with van der Waals surface area (Å²) < 4.78 is 18.6. The van der Waals surface area contributed by atoms with Gasteiger partial charge in [-0.2, -0.15) is 0 Å². The van der Waals surface area contributed by atoms with Crippen LogP contribution in [0.5, 0.6) is 0 Å². The van der Waals surface area contributed by atoms with Crippen LogP contribution in [-0.2, 0) is 15.3 Å². The van der Waals surface area contributed by atoms with Crippen molar-refractivity contribution < 1.29 is 18.7 Å². The number of piperazine rings is 1. The van der Waals surface area contributed by atoms with Gasteiger partial charge in [-0.05, 0) is 19.1 Å². The molecule has 2 amide bonds. The Hall–Kier alpha value is -1.47. The Kier molecular flexibility index (Phi) is 7.17. The average molecular weight is 375 g/mol. The van der Waals surface area contributed by atoms with Gasteiger partial charge in [-0.25, -0.2) is 9.18 Å². The molecule has 0 unspecified atom stereocenters. The van der Waals surface area contributed by atoms with E-state index in [-0.39, 0.29) is 23.6 Å². The van der Waals surface area contributed by atoms with Crippen LogP contribution in [0.1, 0.15) is 12.5 Å². The van der Waals surface area contributed by atoms with E-state index in [1.165, 1.54) is 17.8 Å². The quantitative estimate of drug-likeness (QED) is 0.795. The Morgan fingerprint density at radius 1 is 1.25 bits per heavy atom. The van der Waals surface area contributed by atoms with Crippen LogP contribution in [0.2, 0.25) is 5.02 Å². The highest BCUT2D eigenvalue weighted by molar-refractivity contribution is 7.99. The predicted octanol–water partition coefficient (Wildman–Crippen LogP) is 3.01. The monoisotopic (exact) mass is 374 g/mol. The standard InChI is InChI=1S/C16H20ClFN2O3S/c1-2-23-16(22)20-8-6-19(7-9-20)15(21)11-24-10-12-13(17)4-3-5-14(12)18/h3-5H,2,6-11H2,1H3. The number of halogens is 2. The fraction of sp³-hybridized carbons (Fsp3) is 0.500. The molecule has 1 heterocycles. The maximum atomic E-state index is 13.7. The number of nitrogens with zero attached hydrogens (tertiary/aromatic N) is 2. The first-order valence-electron chi connectivity index (χ1n) is 7.73. The summed E-state index contributed by atoms with van der Waals surface area (Å²) in [5.41, 5.74) is 0.420. The van der Waals surface area contributed by atoms with E-state index in [1.54, 1.807) is 28.9 Å². The first kappa shape index (κ1) is 18.9. The third kappa shape index (κ3) is 5.01. The predicted molar refractivity (Wildman–Crippen MR) is 92.7 cm³/mol. The first-order valence-corrected chi connectivity index (χ1v) is 9.26. The fourth-order valence-corrected chi connectivity index (χ4v) is 3.62. The zero-order valence-electron chi connectivity index (χ0n) is 13.5. The Labute approximate surface area is 150 Å². The molecule has 1 saturated heterocycles. The van der Waals surface area contributed by atoms with Gasteiger partial charge >= 0.3 is 6.09 Å². The number of amides is 2. The van der Waals surface area contributed by atoms with Gasteiger partial charge in [0.05, 0.1) is 12.4 Å². The minimum Gasteiger partial charge on any atom is -0.450 e. The molecular formula is C16H20ClFN2O3S. The zero-order valence-corrected chi connectivity index (χ0v) is 15.0. The Morgan fingerprint density at radius 2 is 1.92 bits per heavy atom. The summed E-state index contributed by atoms with van der Waals surface area (Å²) >= 11 is 7.30. The zero-order chi connectivity index (χ0) is 17.5. The lowest BCUT2D eigenvalue weighted by atomic mass is 10.2. The Bertz CT molecular complexity index is 574. The second-order valence-electron chi connectivity index (χ2n) is 5.26. The van der Waals surface area contributed by atoms with Crippen molar-refractivity contribution >= 4 is 35.4 Å². The van der Waals surface area contributed by atoms with Crippen molar-refractivity contribution in [2.24, 2.45) is 0 Å². The van der Waals surface area contributed by atoms with Crippen LogP contribution >= 0.6 is 23.4 Å². The maximum Gasteiger partial charge on any atom is 0.409 e. The summed E-state index contributed by atoms with van der Waals surface area (Å²) in [7, 11) is 0. The summed E-state index contributed by atoms with van der Waals surface area (Å²) in [5.74, 6) is 0.228. The van der Waals surface area contributed by atoms with Crippen molar-refractivity contribution in [1.29, 1.82) is 0 Å². The first-order chi connectivity index (χ1) is 11.5. The van der Waals surface area contributed by atoms with E-state index < -0.39 is 0 Å². The highest BCUT2D eigenvalue weighted by atomic mass is 35.5. The third-order valence-corrected chi connectivity index (χ3v) is 4.99. The van der Waals surface area contributed by atoms with E-state index in [9.17, 15) is 14.0 Å². The molecule has 0 spiro atoms. The largest absolute Gasteiger partial charge is 0.450 e. The summed E-state index contributed by atoms with van der Waals surface area (Å²) in [4.78, 5) is 27.1. The Balaban J connectivity index is 1.75. The van der Waals surface area contributed by atoms with Crippen LogP contribution in [0.15, 0.2) is 18.2 Å². The van der Waals surface area contributed by atoms with E-state index in [4.69, 9.17) is 16.3 Å². The molecule has 1 aromatic carbocycles. The van der Waals surface area contributed by atoms with Crippen LogP contribution in [0.25, 0.3) is 0 Å². The van der Waals surface area contributed by atoms with Crippen LogP contribution in [0.3, 0.4) is 0 Å². The van der Waals surface area contributed by atoms with Crippen molar-refractivity contribution in [3.8, 4) is 0 Å². The van der Waals surface area contributed by atoms with Crippen molar-refractivity contribution in [1.82, 2.24) is 9.80 Å². The van der Waals surface area contributed by atoms with Crippen LogP contribution in [0, 0.1) is 5.82 Å². The second kappa shape index (κ2) is 9.13. The summed E-state index contributed by atoms with van der Waals surface area (Å²) in [6.07, 6.45) is -0.340. The topological polar surface area (TPSA) is 49.9 Å². The smallest absolute Gasteiger partial charge is 0.409 e. The normalized spacial score (nSPS) is 14.6. The van der Waals surface area contributed by atoms with Gasteiger partial charge in [0.1, 0.15) is 5.82 Å². The minimum atomic E-state index is -0.356. The molecule has 1 aliphatic rings. The van der Waals surface area contributed by atoms with Gasteiger partial charge in [-0.15, -0.1) is 11.8 Å². The SMILES string of the molecule is CCOC(=O)N1CCN(C(=O)CSCc2c(F)cccc2Cl)CC1. The molecule has 0 atom stereocenters. The molecule has 5 nitrogen and oxygen atoms in total. The highest BCUT2D eigenvalue weighted by Crippen LogP contribution is 2.24. The lowest BCUT2D eigenvalue weighted by Crippen LogP contribution is -2.51. The van der Waals surface area contributed by atoms with E-state index in [2.05, 4.69) is 0 Å². The summed E-state index contributed by atoms with van der Waals surface area (Å²) in [5, 5.41) is 0.373. The molecule has 2 rings (SSSR count). The maximum absolute atomic E-state index is 13.7. The molecule has 0 aliphatic carbocycles. The van der Waals surface area contributed by atoms with Gasteiger partial charge in [0.25, 0.3) is 0 Å². The molecule has 24 heavy (non-hydrogen) atoms. The molecule has 0 bridgehead atoms. The molecule has 0 aromatic heterocycles.